The average molecular weight is 324 g/mol. The van der Waals surface area contributed by atoms with E-state index in [1.165, 1.54) is 11.1 Å². The Labute approximate surface area is 143 Å². The third kappa shape index (κ3) is 3.95. The lowest BCUT2D eigenvalue weighted by Crippen LogP contribution is -2.48. The first kappa shape index (κ1) is 16.5. The van der Waals surface area contributed by atoms with E-state index >= 15 is 0 Å². The first-order valence-electron chi connectivity index (χ1n) is 8.47. The van der Waals surface area contributed by atoms with Crippen molar-refractivity contribution in [3.05, 3.63) is 71.8 Å². The Hall–Kier alpha value is -2.33. The van der Waals surface area contributed by atoms with Gasteiger partial charge in [0.05, 0.1) is 0 Å². The Balaban J connectivity index is 1.69. The van der Waals surface area contributed by atoms with Gasteiger partial charge in [-0.05, 0) is 37.1 Å². The van der Waals surface area contributed by atoms with Crippen LogP contribution < -0.4 is 5.32 Å². The van der Waals surface area contributed by atoms with Gasteiger partial charge in [0, 0.05) is 18.5 Å². The number of carbonyl (C=O) groups is 1. The van der Waals surface area contributed by atoms with Crippen molar-refractivity contribution in [3.8, 4) is 0 Å². The molecule has 3 rings (SSSR count). The van der Waals surface area contributed by atoms with Gasteiger partial charge in [-0.2, -0.15) is 0 Å². The number of hydrogen-bond acceptors (Lipinski definition) is 2. The van der Waals surface area contributed by atoms with Crippen LogP contribution in [0.3, 0.4) is 0 Å². The highest BCUT2D eigenvalue weighted by atomic mass is 16.4. The molecule has 1 heterocycles. The summed E-state index contributed by atoms with van der Waals surface area (Å²) in [6, 6.07) is 20.8. The number of likely N-dealkylation sites (tertiary alicyclic amines) is 1. The van der Waals surface area contributed by atoms with Gasteiger partial charge in [0.2, 0.25) is 0 Å². The quantitative estimate of drug-likeness (QED) is 0.885. The molecule has 1 saturated heterocycles. The number of amides is 1. The van der Waals surface area contributed by atoms with E-state index in [1.807, 2.05) is 24.3 Å². The first-order chi connectivity index (χ1) is 11.7. The molecule has 4 heteroatoms. The highest BCUT2D eigenvalue weighted by Crippen LogP contribution is 2.35. The Bertz CT molecular complexity index is 650. The molecule has 2 aromatic rings. The smallest absolute Gasteiger partial charge is 0.404 e. The lowest BCUT2D eigenvalue weighted by Gasteiger charge is -2.42. The van der Waals surface area contributed by atoms with Crippen LogP contribution in [-0.2, 0) is 12.0 Å². The van der Waals surface area contributed by atoms with Gasteiger partial charge in [-0.1, -0.05) is 60.7 Å². The molecule has 2 N–H and O–H groups in total. The summed E-state index contributed by atoms with van der Waals surface area (Å²) in [6.07, 6.45) is 0.978. The largest absolute Gasteiger partial charge is 0.465 e. The van der Waals surface area contributed by atoms with Crippen LogP contribution in [0.1, 0.15) is 24.0 Å². The Morgan fingerprint density at radius 3 is 2.17 bits per heavy atom. The van der Waals surface area contributed by atoms with Crippen LogP contribution in [-0.4, -0.2) is 35.7 Å². The molecule has 0 spiro atoms. The van der Waals surface area contributed by atoms with E-state index in [0.29, 0.717) is 6.54 Å². The Kier molecular flexibility index (Phi) is 5.16. The third-order valence-electron chi connectivity index (χ3n) is 5.03. The molecule has 0 bridgehead atoms. The molecule has 0 unspecified atom stereocenters. The maximum absolute atomic E-state index is 11.0. The van der Waals surface area contributed by atoms with Crippen LogP contribution >= 0.6 is 0 Å². The second kappa shape index (κ2) is 7.49. The number of nitrogens with zero attached hydrogens (tertiary/aromatic N) is 1. The first-order valence-corrected chi connectivity index (χ1v) is 8.47. The van der Waals surface area contributed by atoms with Crippen molar-refractivity contribution in [2.75, 3.05) is 19.6 Å². The van der Waals surface area contributed by atoms with Crippen molar-refractivity contribution >= 4 is 6.09 Å². The van der Waals surface area contributed by atoms with Crippen LogP contribution in [0.4, 0.5) is 4.79 Å². The van der Waals surface area contributed by atoms with Crippen molar-refractivity contribution < 1.29 is 9.90 Å². The van der Waals surface area contributed by atoms with E-state index in [9.17, 15) is 4.79 Å². The lowest BCUT2D eigenvalue weighted by atomic mass is 9.72. The summed E-state index contributed by atoms with van der Waals surface area (Å²) in [7, 11) is 0. The van der Waals surface area contributed by atoms with E-state index in [0.717, 1.165) is 32.5 Å². The molecular weight excluding hydrogens is 300 g/mol. The van der Waals surface area contributed by atoms with Gasteiger partial charge < -0.3 is 10.4 Å². The van der Waals surface area contributed by atoms with E-state index in [2.05, 4.69) is 46.6 Å². The molecule has 1 aliphatic rings. The molecule has 0 aromatic heterocycles. The van der Waals surface area contributed by atoms with Crippen molar-refractivity contribution in [1.29, 1.82) is 0 Å². The van der Waals surface area contributed by atoms with Gasteiger partial charge in [-0.3, -0.25) is 4.90 Å². The average Bonchev–Trinajstić information content (AvgIpc) is 2.63. The lowest BCUT2D eigenvalue weighted by molar-refractivity contribution is 0.144. The number of benzene rings is 2. The molecule has 1 fully saturated rings. The van der Waals surface area contributed by atoms with Crippen LogP contribution in [0.5, 0.6) is 0 Å². The molecule has 0 radical (unpaired) electrons. The molecule has 4 nitrogen and oxygen atoms in total. The van der Waals surface area contributed by atoms with Crippen molar-refractivity contribution in [2.24, 2.45) is 0 Å². The van der Waals surface area contributed by atoms with Gasteiger partial charge in [-0.15, -0.1) is 0 Å². The zero-order valence-electron chi connectivity index (χ0n) is 13.8. The van der Waals surface area contributed by atoms with Gasteiger partial charge in [-0.25, -0.2) is 4.79 Å². The SMILES string of the molecule is O=C(O)NCC1(c2ccccc2)CCN(Cc2ccccc2)CC1. The van der Waals surface area contributed by atoms with Gasteiger partial charge >= 0.3 is 6.09 Å². The predicted octanol–water partition coefficient (Wildman–Crippen LogP) is 3.49. The highest BCUT2D eigenvalue weighted by molar-refractivity contribution is 5.64. The molecule has 2 aromatic carbocycles. The van der Waals surface area contributed by atoms with E-state index in [1.54, 1.807) is 0 Å². The fraction of sp³-hybridized carbons (Fsp3) is 0.350. The zero-order valence-corrected chi connectivity index (χ0v) is 13.8. The van der Waals surface area contributed by atoms with Crippen molar-refractivity contribution in [1.82, 2.24) is 10.2 Å². The molecule has 0 saturated carbocycles. The van der Waals surface area contributed by atoms with E-state index in [4.69, 9.17) is 5.11 Å². The molecule has 0 aliphatic carbocycles. The maximum Gasteiger partial charge on any atom is 0.404 e. The Morgan fingerprint density at radius 2 is 1.58 bits per heavy atom. The Morgan fingerprint density at radius 1 is 1.00 bits per heavy atom. The van der Waals surface area contributed by atoms with E-state index < -0.39 is 6.09 Å². The minimum Gasteiger partial charge on any atom is -0.465 e. The molecule has 1 aliphatic heterocycles. The number of nitrogens with one attached hydrogen (secondary N) is 1. The summed E-state index contributed by atoms with van der Waals surface area (Å²) in [5, 5.41) is 11.6. The summed E-state index contributed by atoms with van der Waals surface area (Å²) in [5.74, 6) is 0. The standard InChI is InChI=1S/C20H24N2O2/c23-19(24)21-16-20(18-9-5-2-6-10-18)11-13-22(14-12-20)15-17-7-3-1-4-8-17/h1-10,21H,11-16H2,(H,23,24). The number of rotatable bonds is 5. The monoisotopic (exact) mass is 324 g/mol. The summed E-state index contributed by atoms with van der Waals surface area (Å²) < 4.78 is 0. The molecule has 24 heavy (non-hydrogen) atoms. The van der Waals surface area contributed by atoms with Crippen molar-refractivity contribution in [2.45, 2.75) is 24.8 Å². The molecular formula is C20H24N2O2. The van der Waals surface area contributed by atoms with Crippen LogP contribution in [0.2, 0.25) is 0 Å². The summed E-state index contributed by atoms with van der Waals surface area (Å²) in [4.78, 5) is 13.5. The summed E-state index contributed by atoms with van der Waals surface area (Å²) in [5.41, 5.74) is 2.46. The zero-order chi connectivity index (χ0) is 16.8. The van der Waals surface area contributed by atoms with Crippen molar-refractivity contribution in [3.63, 3.8) is 0 Å². The molecule has 126 valence electrons. The second-order valence-electron chi connectivity index (χ2n) is 6.57. The van der Waals surface area contributed by atoms with Crippen LogP contribution in [0.15, 0.2) is 60.7 Å². The van der Waals surface area contributed by atoms with Crippen LogP contribution in [0, 0.1) is 0 Å². The second-order valence-corrected chi connectivity index (χ2v) is 6.57. The topological polar surface area (TPSA) is 52.6 Å². The van der Waals surface area contributed by atoms with Gasteiger partial charge in [0.1, 0.15) is 0 Å². The van der Waals surface area contributed by atoms with Gasteiger partial charge in [0.15, 0.2) is 0 Å². The minimum absolute atomic E-state index is 0.104. The predicted molar refractivity (Wildman–Crippen MR) is 95.1 cm³/mol. The fourth-order valence-corrected chi connectivity index (χ4v) is 3.58. The maximum atomic E-state index is 11.0. The molecule has 0 atom stereocenters. The third-order valence-corrected chi connectivity index (χ3v) is 5.03. The summed E-state index contributed by atoms with van der Waals surface area (Å²) >= 11 is 0. The van der Waals surface area contributed by atoms with Gasteiger partial charge in [0.25, 0.3) is 0 Å². The number of piperidine rings is 1. The normalized spacial score (nSPS) is 17.3. The number of hydrogen-bond donors (Lipinski definition) is 2. The van der Waals surface area contributed by atoms with Crippen LogP contribution in [0.25, 0.3) is 0 Å². The number of carboxylic acid groups (broad SMARTS) is 1. The fourth-order valence-electron chi connectivity index (χ4n) is 3.58. The summed E-state index contributed by atoms with van der Waals surface area (Å²) in [6.45, 7) is 3.39. The minimum atomic E-state index is -0.947. The highest BCUT2D eigenvalue weighted by Gasteiger charge is 2.36. The molecule has 1 amide bonds. The van der Waals surface area contributed by atoms with E-state index in [-0.39, 0.29) is 5.41 Å².